The van der Waals surface area contributed by atoms with Crippen LogP contribution in [0.1, 0.15) is 51.9 Å². The van der Waals surface area contributed by atoms with Gasteiger partial charge in [-0.15, -0.1) is 6.58 Å². The Morgan fingerprint density at radius 1 is 1.35 bits per heavy atom. The van der Waals surface area contributed by atoms with Crippen molar-refractivity contribution in [1.29, 1.82) is 0 Å². The van der Waals surface area contributed by atoms with Crippen LogP contribution in [0.2, 0.25) is 0 Å². The Bertz CT molecular complexity index is 327. The van der Waals surface area contributed by atoms with Gasteiger partial charge in [0, 0.05) is 5.41 Å². The lowest BCUT2D eigenvalue weighted by Crippen LogP contribution is -2.51. The Morgan fingerprint density at radius 2 is 2.18 bits per heavy atom. The van der Waals surface area contributed by atoms with E-state index < -0.39 is 6.29 Å². The Balaban J connectivity index is 2.04. The van der Waals surface area contributed by atoms with Gasteiger partial charge >= 0.3 is 0 Å². The molecular weight excluding hydrogens is 212 g/mol. The predicted molar refractivity (Wildman–Crippen MR) is 67.4 cm³/mol. The summed E-state index contributed by atoms with van der Waals surface area (Å²) in [4.78, 5) is 0. The molecular formula is C15H24O2. The van der Waals surface area contributed by atoms with E-state index in [1.807, 2.05) is 6.08 Å². The fourth-order valence-electron chi connectivity index (χ4n) is 4.98. The Morgan fingerprint density at radius 3 is 2.94 bits per heavy atom. The van der Waals surface area contributed by atoms with Crippen molar-refractivity contribution in [3.63, 3.8) is 0 Å². The fourth-order valence-corrected chi connectivity index (χ4v) is 4.98. The maximum absolute atomic E-state index is 10.5. The molecule has 2 bridgehead atoms. The summed E-state index contributed by atoms with van der Waals surface area (Å²) in [5, 5.41) is 10.5. The van der Waals surface area contributed by atoms with E-state index in [0.29, 0.717) is 11.8 Å². The van der Waals surface area contributed by atoms with E-state index in [2.05, 4.69) is 13.5 Å². The third-order valence-corrected chi connectivity index (χ3v) is 5.85. The first-order chi connectivity index (χ1) is 8.16. The van der Waals surface area contributed by atoms with Gasteiger partial charge in [0.2, 0.25) is 0 Å². The first kappa shape index (κ1) is 11.7. The zero-order chi connectivity index (χ0) is 12.1. The molecule has 0 aromatic heterocycles. The summed E-state index contributed by atoms with van der Waals surface area (Å²) in [6.45, 7) is 6.20. The first-order valence-corrected chi connectivity index (χ1v) is 7.12. The molecule has 0 spiro atoms. The average Bonchev–Trinajstić information content (AvgIpc) is 2.52. The van der Waals surface area contributed by atoms with Crippen molar-refractivity contribution < 1.29 is 9.84 Å². The van der Waals surface area contributed by atoms with Crippen molar-refractivity contribution in [1.82, 2.24) is 0 Å². The molecule has 1 heterocycles. The first-order valence-electron chi connectivity index (χ1n) is 7.12. The molecule has 0 amide bonds. The summed E-state index contributed by atoms with van der Waals surface area (Å²) in [7, 11) is 0. The van der Waals surface area contributed by atoms with Crippen molar-refractivity contribution in [3.8, 4) is 0 Å². The van der Waals surface area contributed by atoms with Gasteiger partial charge in [0.15, 0.2) is 6.29 Å². The van der Waals surface area contributed by atoms with Gasteiger partial charge in [-0.25, -0.2) is 0 Å². The second kappa shape index (κ2) is 3.83. The molecule has 2 heteroatoms. The lowest BCUT2D eigenvalue weighted by atomic mass is 9.52. The summed E-state index contributed by atoms with van der Waals surface area (Å²) < 4.78 is 6.11. The molecule has 1 N–H and O–H groups in total. The second-order valence-corrected chi connectivity index (χ2v) is 6.38. The van der Waals surface area contributed by atoms with Crippen LogP contribution in [0, 0.1) is 17.3 Å². The van der Waals surface area contributed by atoms with Crippen molar-refractivity contribution in [2.75, 3.05) is 0 Å². The maximum Gasteiger partial charge on any atom is 0.161 e. The van der Waals surface area contributed by atoms with Crippen LogP contribution < -0.4 is 0 Å². The lowest BCUT2D eigenvalue weighted by molar-refractivity contribution is -0.165. The van der Waals surface area contributed by atoms with E-state index in [1.54, 1.807) is 0 Å². The highest BCUT2D eigenvalue weighted by atomic mass is 16.6. The summed E-state index contributed by atoms with van der Waals surface area (Å²) in [5.74, 6) is 1.11. The van der Waals surface area contributed by atoms with Crippen LogP contribution in [0.5, 0.6) is 0 Å². The minimum atomic E-state index is -0.568. The molecule has 2 nitrogen and oxygen atoms in total. The van der Waals surface area contributed by atoms with Crippen molar-refractivity contribution in [2.24, 2.45) is 17.3 Å². The number of allylic oxidation sites excluding steroid dienone is 1. The summed E-state index contributed by atoms with van der Waals surface area (Å²) in [6, 6.07) is 0. The Kier molecular flexibility index (Phi) is 2.64. The van der Waals surface area contributed by atoms with Crippen LogP contribution in [0.15, 0.2) is 12.7 Å². The predicted octanol–water partition coefficient (Wildman–Crippen LogP) is 3.26. The van der Waals surface area contributed by atoms with Gasteiger partial charge < -0.3 is 9.84 Å². The van der Waals surface area contributed by atoms with Crippen LogP contribution in [0.3, 0.4) is 0 Å². The maximum atomic E-state index is 10.5. The molecule has 96 valence electrons. The van der Waals surface area contributed by atoms with Gasteiger partial charge in [-0.1, -0.05) is 25.8 Å². The molecule has 2 saturated carbocycles. The van der Waals surface area contributed by atoms with Crippen LogP contribution in [0.25, 0.3) is 0 Å². The Hall–Kier alpha value is -0.340. The normalized spacial score (nSPS) is 53.2. The molecule has 0 aromatic rings. The van der Waals surface area contributed by atoms with Crippen LogP contribution in [0.4, 0.5) is 0 Å². The van der Waals surface area contributed by atoms with Crippen LogP contribution >= 0.6 is 0 Å². The zero-order valence-electron chi connectivity index (χ0n) is 10.8. The molecule has 3 aliphatic rings. The molecule has 1 aliphatic heterocycles. The standard InChI is InChI=1S/C15H24O2/c1-3-8-15-11(2)7-10-14(17-13(15)16)9-5-4-6-12(14)15/h3,11-13,16H,1,4-10H2,2H3/t11-,12+,13?,14+,15-/m0/s1. The fraction of sp³-hybridized carbons (Fsp3) is 0.867. The quantitative estimate of drug-likeness (QED) is 0.746. The number of aliphatic hydroxyl groups is 1. The highest BCUT2D eigenvalue weighted by Crippen LogP contribution is 2.65. The number of hydrogen-bond acceptors (Lipinski definition) is 2. The molecule has 3 fully saturated rings. The minimum Gasteiger partial charge on any atom is -0.367 e. The minimum absolute atomic E-state index is 0.00713. The molecule has 17 heavy (non-hydrogen) atoms. The SMILES string of the molecule is C=CC[C@@]12C(O)O[C@]3(CCCC[C@H]31)CC[C@@H]2C. The van der Waals surface area contributed by atoms with E-state index in [4.69, 9.17) is 4.74 Å². The van der Waals surface area contributed by atoms with Crippen molar-refractivity contribution in [3.05, 3.63) is 12.7 Å². The van der Waals surface area contributed by atoms with Gasteiger partial charge in [-0.2, -0.15) is 0 Å². The van der Waals surface area contributed by atoms with E-state index in [-0.39, 0.29) is 11.0 Å². The van der Waals surface area contributed by atoms with Crippen molar-refractivity contribution >= 4 is 0 Å². The molecule has 0 radical (unpaired) electrons. The van der Waals surface area contributed by atoms with E-state index >= 15 is 0 Å². The van der Waals surface area contributed by atoms with Crippen LogP contribution in [-0.2, 0) is 4.74 Å². The third-order valence-electron chi connectivity index (χ3n) is 5.85. The monoisotopic (exact) mass is 236 g/mol. The summed E-state index contributed by atoms with van der Waals surface area (Å²) in [5.41, 5.74) is -0.0341. The molecule has 1 saturated heterocycles. The van der Waals surface area contributed by atoms with E-state index in [1.165, 1.54) is 25.7 Å². The molecule has 5 atom stereocenters. The van der Waals surface area contributed by atoms with Crippen molar-refractivity contribution in [2.45, 2.75) is 63.8 Å². The van der Waals surface area contributed by atoms with Gasteiger partial charge in [0.25, 0.3) is 0 Å². The average molecular weight is 236 g/mol. The molecule has 0 aromatic carbocycles. The number of aliphatic hydroxyl groups excluding tert-OH is 1. The topological polar surface area (TPSA) is 29.5 Å². The summed E-state index contributed by atoms with van der Waals surface area (Å²) in [6.07, 6.45) is 9.61. The lowest BCUT2D eigenvalue weighted by Gasteiger charge is -2.51. The number of rotatable bonds is 2. The Labute approximate surface area is 104 Å². The molecule has 3 rings (SSSR count). The van der Waals surface area contributed by atoms with Gasteiger partial charge in [0.1, 0.15) is 0 Å². The smallest absolute Gasteiger partial charge is 0.161 e. The number of ether oxygens (including phenoxy) is 1. The third kappa shape index (κ3) is 1.34. The summed E-state index contributed by atoms with van der Waals surface area (Å²) >= 11 is 0. The second-order valence-electron chi connectivity index (χ2n) is 6.38. The van der Waals surface area contributed by atoms with E-state index in [9.17, 15) is 5.11 Å². The number of hydrogen-bond donors (Lipinski definition) is 1. The van der Waals surface area contributed by atoms with Gasteiger partial charge in [-0.3, -0.25) is 0 Å². The zero-order valence-corrected chi connectivity index (χ0v) is 10.8. The van der Waals surface area contributed by atoms with E-state index in [0.717, 1.165) is 19.3 Å². The molecule has 1 unspecified atom stereocenters. The van der Waals surface area contributed by atoms with Gasteiger partial charge in [0.05, 0.1) is 5.60 Å². The highest BCUT2D eigenvalue weighted by Gasteiger charge is 2.66. The highest BCUT2D eigenvalue weighted by molar-refractivity contribution is 5.14. The largest absolute Gasteiger partial charge is 0.367 e. The van der Waals surface area contributed by atoms with Crippen LogP contribution in [-0.4, -0.2) is 17.0 Å². The molecule has 2 aliphatic carbocycles. The van der Waals surface area contributed by atoms with Gasteiger partial charge in [-0.05, 0) is 43.9 Å².